The first-order chi connectivity index (χ1) is 7.82. The number of hydrogen-bond donors (Lipinski definition) is 1. The van der Waals surface area contributed by atoms with Gasteiger partial charge in [0.25, 0.3) is 0 Å². The summed E-state index contributed by atoms with van der Waals surface area (Å²) in [6.45, 7) is 3.14. The molecule has 0 aliphatic carbocycles. The van der Waals surface area contributed by atoms with Gasteiger partial charge in [0.2, 0.25) is 0 Å². The molecule has 98 valence electrons. The lowest BCUT2D eigenvalue weighted by atomic mass is 10.4. The summed E-state index contributed by atoms with van der Waals surface area (Å²) in [5, 5.41) is 8.87. The van der Waals surface area contributed by atoms with Crippen molar-refractivity contribution in [3.63, 3.8) is 0 Å². The average molecular weight is 248 g/mol. The third kappa shape index (κ3) is 8.21. The third-order valence-corrected chi connectivity index (χ3v) is 1.56. The number of aliphatic hydroxyl groups is 1. The SMILES string of the molecule is CC(=O)OCC(COC(=O)C(C)O)OC(C)=O. The summed E-state index contributed by atoms with van der Waals surface area (Å²) >= 11 is 0. The highest BCUT2D eigenvalue weighted by Crippen LogP contribution is 1.98. The summed E-state index contributed by atoms with van der Waals surface area (Å²) in [5.74, 6) is -1.97. The molecule has 0 saturated carbocycles. The number of rotatable bonds is 6. The predicted octanol–water partition coefficient (Wildman–Crippen LogP) is -0.595. The van der Waals surface area contributed by atoms with Crippen molar-refractivity contribution in [1.29, 1.82) is 0 Å². The fourth-order valence-electron chi connectivity index (χ4n) is 0.857. The Morgan fingerprint density at radius 2 is 1.59 bits per heavy atom. The van der Waals surface area contributed by atoms with E-state index in [9.17, 15) is 14.4 Å². The molecule has 7 heteroatoms. The van der Waals surface area contributed by atoms with Crippen LogP contribution in [0, 0.1) is 0 Å². The fraction of sp³-hybridized carbons (Fsp3) is 0.700. The Morgan fingerprint density at radius 1 is 1.06 bits per heavy atom. The van der Waals surface area contributed by atoms with E-state index in [1.807, 2.05) is 0 Å². The van der Waals surface area contributed by atoms with Gasteiger partial charge in [0, 0.05) is 13.8 Å². The summed E-state index contributed by atoms with van der Waals surface area (Å²) in [4.78, 5) is 32.2. The molecule has 0 bridgehead atoms. The molecule has 0 saturated heterocycles. The lowest BCUT2D eigenvalue weighted by molar-refractivity contribution is -0.167. The highest BCUT2D eigenvalue weighted by atomic mass is 16.6. The van der Waals surface area contributed by atoms with Gasteiger partial charge in [0.15, 0.2) is 6.10 Å². The van der Waals surface area contributed by atoms with Crippen LogP contribution in [0.3, 0.4) is 0 Å². The van der Waals surface area contributed by atoms with Crippen LogP contribution in [0.2, 0.25) is 0 Å². The van der Waals surface area contributed by atoms with E-state index in [0.29, 0.717) is 0 Å². The van der Waals surface area contributed by atoms with E-state index in [4.69, 9.17) is 9.84 Å². The van der Waals surface area contributed by atoms with Gasteiger partial charge in [-0.3, -0.25) is 9.59 Å². The van der Waals surface area contributed by atoms with Crippen LogP contribution in [0.4, 0.5) is 0 Å². The van der Waals surface area contributed by atoms with Gasteiger partial charge in [0.05, 0.1) is 0 Å². The van der Waals surface area contributed by atoms with Crippen molar-refractivity contribution in [2.75, 3.05) is 13.2 Å². The molecule has 0 aromatic carbocycles. The maximum absolute atomic E-state index is 11.0. The minimum Gasteiger partial charge on any atom is -0.462 e. The second-order valence-electron chi connectivity index (χ2n) is 3.34. The van der Waals surface area contributed by atoms with Crippen LogP contribution in [-0.2, 0) is 28.6 Å². The number of hydrogen-bond acceptors (Lipinski definition) is 7. The van der Waals surface area contributed by atoms with E-state index in [-0.39, 0.29) is 13.2 Å². The fourth-order valence-corrected chi connectivity index (χ4v) is 0.857. The molecule has 1 N–H and O–H groups in total. The van der Waals surface area contributed by atoms with Crippen LogP contribution in [0.1, 0.15) is 20.8 Å². The molecule has 7 nitrogen and oxygen atoms in total. The first-order valence-electron chi connectivity index (χ1n) is 4.98. The molecule has 0 aliphatic rings. The van der Waals surface area contributed by atoms with Crippen LogP contribution in [0.5, 0.6) is 0 Å². The maximum Gasteiger partial charge on any atom is 0.334 e. The highest BCUT2D eigenvalue weighted by Gasteiger charge is 2.18. The van der Waals surface area contributed by atoms with Gasteiger partial charge in [-0.25, -0.2) is 4.79 Å². The van der Waals surface area contributed by atoms with Gasteiger partial charge >= 0.3 is 17.9 Å². The molecule has 0 aromatic heterocycles. The molecular formula is C10H16O7. The molecule has 0 heterocycles. The van der Waals surface area contributed by atoms with E-state index in [1.54, 1.807) is 0 Å². The number of aliphatic hydroxyl groups excluding tert-OH is 1. The Kier molecular flexibility index (Phi) is 6.88. The molecule has 0 spiro atoms. The van der Waals surface area contributed by atoms with E-state index in [1.165, 1.54) is 20.8 Å². The quantitative estimate of drug-likeness (QED) is 0.495. The lowest BCUT2D eigenvalue weighted by Crippen LogP contribution is -2.31. The zero-order valence-corrected chi connectivity index (χ0v) is 9.97. The molecule has 17 heavy (non-hydrogen) atoms. The summed E-state index contributed by atoms with van der Waals surface area (Å²) < 4.78 is 14.0. The largest absolute Gasteiger partial charge is 0.462 e. The van der Waals surface area contributed by atoms with Crippen LogP contribution in [-0.4, -0.2) is 48.4 Å². The molecule has 2 unspecified atom stereocenters. The minimum absolute atomic E-state index is 0.206. The number of carbonyl (C=O) groups excluding carboxylic acids is 3. The molecule has 2 atom stereocenters. The molecular weight excluding hydrogens is 232 g/mol. The monoisotopic (exact) mass is 248 g/mol. The number of esters is 3. The Morgan fingerprint density at radius 3 is 2.00 bits per heavy atom. The van der Waals surface area contributed by atoms with Crippen molar-refractivity contribution >= 4 is 17.9 Å². The zero-order chi connectivity index (χ0) is 13.4. The standard InChI is InChI=1S/C10H16O7/c1-6(11)10(14)16-5-9(17-8(3)13)4-15-7(2)12/h6,9,11H,4-5H2,1-3H3. The Labute approximate surface area is 98.6 Å². The van der Waals surface area contributed by atoms with Gasteiger partial charge in [-0.1, -0.05) is 0 Å². The predicted molar refractivity (Wildman–Crippen MR) is 54.8 cm³/mol. The van der Waals surface area contributed by atoms with Gasteiger partial charge in [0.1, 0.15) is 19.3 Å². The van der Waals surface area contributed by atoms with E-state index in [0.717, 1.165) is 0 Å². The van der Waals surface area contributed by atoms with Crippen molar-refractivity contribution in [3.8, 4) is 0 Å². The average Bonchev–Trinajstić information content (AvgIpc) is 2.20. The number of carbonyl (C=O) groups is 3. The normalized spacial score (nSPS) is 13.4. The van der Waals surface area contributed by atoms with Crippen LogP contribution < -0.4 is 0 Å². The second-order valence-corrected chi connectivity index (χ2v) is 3.34. The maximum atomic E-state index is 11.0. The lowest BCUT2D eigenvalue weighted by Gasteiger charge is -2.17. The number of ether oxygens (including phenoxy) is 3. The van der Waals surface area contributed by atoms with E-state index in [2.05, 4.69) is 9.47 Å². The summed E-state index contributed by atoms with van der Waals surface area (Å²) in [6.07, 6.45) is -2.14. The molecule has 0 aliphatic heterocycles. The van der Waals surface area contributed by atoms with Gasteiger partial charge in [-0.05, 0) is 6.92 Å². The molecule has 0 radical (unpaired) electrons. The molecule has 0 fully saturated rings. The topological polar surface area (TPSA) is 99.1 Å². The van der Waals surface area contributed by atoms with Gasteiger partial charge in [-0.2, -0.15) is 0 Å². The minimum atomic E-state index is -1.26. The Bertz CT molecular complexity index is 284. The zero-order valence-electron chi connectivity index (χ0n) is 9.97. The molecule has 0 amide bonds. The first kappa shape index (κ1) is 15.4. The van der Waals surface area contributed by atoms with Crippen molar-refractivity contribution in [2.24, 2.45) is 0 Å². The third-order valence-electron chi connectivity index (χ3n) is 1.56. The van der Waals surface area contributed by atoms with Crippen molar-refractivity contribution in [1.82, 2.24) is 0 Å². The Hall–Kier alpha value is -1.63. The summed E-state index contributed by atoms with van der Waals surface area (Å²) in [6, 6.07) is 0. The van der Waals surface area contributed by atoms with Crippen LogP contribution in [0.25, 0.3) is 0 Å². The van der Waals surface area contributed by atoms with Crippen molar-refractivity contribution in [2.45, 2.75) is 33.0 Å². The summed E-state index contributed by atoms with van der Waals surface area (Å²) in [5.41, 5.74) is 0. The van der Waals surface area contributed by atoms with Crippen molar-refractivity contribution in [3.05, 3.63) is 0 Å². The van der Waals surface area contributed by atoms with Crippen LogP contribution >= 0.6 is 0 Å². The van der Waals surface area contributed by atoms with Gasteiger partial charge in [-0.15, -0.1) is 0 Å². The smallest absolute Gasteiger partial charge is 0.334 e. The van der Waals surface area contributed by atoms with Crippen molar-refractivity contribution < 1.29 is 33.7 Å². The first-order valence-corrected chi connectivity index (χ1v) is 4.98. The van der Waals surface area contributed by atoms with E-state index >= 15 is 0 Å². The molecule has 0 aromatic rings. The van der Waals surface area contributed by atoms with E-state index < -0.39 is 30.1 Å². The summed E-state index contributed by atoms with van der Waals surface area (Å²) in [7, 11) is 0. The second kappa shape index (κ2) is 7.61. The van der Waals surface area contributed by atoms with Crippen LogP contribution in [0.15, 0.2) is 0 Å². The molecule has 0 rings (SSSR count). The highest BCUT2D eigenvalue weighted by molar-refractivity contribution is 5.73. The van der Waals surface area contributed by atoms with Gasteiger partial charge < -0.3 is 19.3 Å². The Balaban J connectivity index is 4.14.